The van der Waals surface area contributed by atoms with Gasteiger partial charge in [-0.15, -0.1) is 11.3 Å². The van der Waals surface area contributed by atoms with Crippen LogP contribution in [0, 0.1) is 0 Å². The number of hydrogen-bond acceptors (Lipinski definition) is 4. The van der Waals surface area contributed by atoms with Crippen molar-refractivity contribution < 1.29 is 14.3 Å². The van der Waals surface area contributed by atoms with Gasteiger partial charge in [-0.1, -0.05) is 0 Å². The molecule has 3 heterocycles. The maximum absolute atomic E-state index is 12.6. The zero-order valence-corrected chi connectivity index (χ0v) is 14.0. The first-order valence-electron chi connectivity index (χ1n) is 7.08. The number of likely N-dealkylation sites (tertiary alicyclic amines) is 1. The van der Waals surface area contributed by atoms with Crippen LogP contribution in [0.2, 0.25) is 0 Å². The van der Waals surface area contributed by atoms with Crippen LogP contribution >= 0.6 is 27.3 Å². The molecule has 0 radical (unpaired) electrons. The van der Waals surface area contributed by atoms with E-state index in [1.165, 1.54) is 11.3 Å². The number of nitrogens with zero attached hydrogens (tertiary/aromatic N) is 2. The molecule has 1 unspecified atom stereocenters. The van der Waals surface area contributed by atoms with Gasteiger partial charge in [0.1, 0.15) is 6.04 Å². The fourth-order valence-electron chi connectivity index (χ4n) is 2.85. The third kappa shape index (κ3) is 3.14. The second kappa shape index (κ2) is 6.46. The van der Waals surface area contributed by atoms with E-state index in [9.17, 15) is 9.59 Å². The minimum absolute atomic E-state index is 0.0407. The van der Waals surface area contributed by atoms with Gasteiger partial charge in [0, 0.05) is 25.0 Å². The lowest BCUT2D eigenvalue weighted by Gasteiger charge is -2.32. The van der Waals surface area contributed by atoms with E-state index in [1.54, 1.807) is 4.90 Å². The summed E-state index contributed by atoms with van der Waals surface area (Å²) in [7, 11) is 0. The normalized spacial score (nSPS) is 22.6. The molecule has 0 bridgehead atoms. The number of rotatable bonds is 2. The van der Waals surface area contributed by atoms with Gasteiger partial charge < -0.3 is 14.5 Å². The highest BCUT2D eigenvalue weighted by Crippen LogP contribution is 2.26. The van der Waals surface area contributed by atoms with Crippen molar-refractivity contribution in [1.82, 2.24) is 9.80 Å². The van der Waals surface area contributed by atoms with Crippen LogP contribution in [0.5, 0.6) is 0 Å². The van der Waals surface area contributed by atoms with E-state index in [4.69, 9.17) is 4.74 Å². The fraction of sp³-hybridized carbons (Fsp3) is 0.571. The standard InChI is InChI=1S/C14H17BrN2O3S/c15-12-8-10(9-21-12)13(18)17-3-1-2-11(17)14(19)16-4-6-20-7-5-16/h8-9,11H,1-7H2. The SMILES string of the molecule is O=C(C1CCCN1C(=O)c1csc(Br)c1)N1CCOCC1. The minimum Gasteiger partial charge on any atom is -0.378 e. The average Bonchev–Trinajstić information content (AvgIpc) is 3.15. The first-order valence-corrected chi connectivity index (χ1v) is 8.75. The summed E-state index contributed by atoms with van der Waals surface area (Å²) >= 11 is 4.86. The highest BCUT2D eigenvalue weighted by Gasteiger charge is 2.37. The van der Waals surface area contributed by atoms with Crippen molar-refractivity contribution in [1.29, 1.82) is 0 Å². The van der Waals surface area contributed by atoms with E-state index in [2.05, 4.69) is 15.9 Å². The number of thiophene rings is 1. The molecule has 2 aliphatic heterocycles. The van der Waals surface area contributed by atoms with E-state index in [0.29, 0.717) is 38.4 Å². The molecule has 1 atom stereocenters. The van der Waals surface area contributed by atoms with Crippen molar-refractivity contribution in [3.05, 3.63) is 20.8 Å². The Kier molecular flexibility index (Phi) is 4.61. The Morgan fingerprint density at radius 2 is 2.05 bits per heavy atom. The Morgan fingerprint density at radius 3 is 2.71 bits per heavy atom. The predicted octanol–water partition coefficient (Wildman–Crippen LogP) is 1.97. The van der Waals surface area contributed by atoms with E-state index in [1.807, 2.05) is 16.3 Å². The maximum Gasteiger partial charge on any atom is 0.255 e. The molecule has 3 rings (SSSR count). The van der Waals surface area contributed by atoms with Crippen LogP contribution in [0.1, 0.15) is 23.2 Å². The van der Waals surface area contributed by atoms with Gasteiger partial charge in [-0.05, 0) is 34.8 Å². The zero-order chi connectivity index (χ0) is 14.8. The van der Waals surface area contributed by atoms with Crippen molar-refractivity contribution in [2.45, 2.75) is 18.9 Å². The monoisotopic (exact) mass is 372 g/mol. The third-order valence-electron chi connectivity index (χ3n) is 3.94. The largest absolute Gasteiger partial charge is 0.378 e. The summed E-state index contributed by atoms with van der Waals surface area (Å²) < 4.78 is 6.21. The molecule has 2 saturated heterocycles. The summed E-state index contributed by atoms with van der Waals surface area (Å²) in [5.74, 6) is 0.0273. The predicted molar refractivity (Wildman–Crippen MR) is 83.5 cm³/mol. The topological polar surface area (TPSA) is 49.9 Å². The Labute approximate surface area is 136 Å². The Balaban J connectivity index is 1.72. The molecule has 21 heavy (non-hydrogen) atoms. The fourth-order valence-corrected chi connectivity index (χ4v) is 3.98. The van der Waals surface area contributed by atoms with Crippen LogP contribution in [-0.2, 0) is 9.53 Å². The quantitative estimate of drug-likeness (QED) is 0.797. The minimum atomic E-state index is -0.311. The molecule has 7 heteroatoms. The molecule has 0 aromatic carbocycles. The lowest BCUT2D eigenvalue weighted by Crippen LogP contribution is -2.51. The number of halogens is 1. The Bertz CT molecular complexity index is 542. The second-order valence-electron chi connectivity index (χ2n) is 5.23. The molecular weight excluding hydrogens is 356 g/mol. The average molecular weight is 373 g/mol. The smallest absolute Gasteiger partial charge is 0.255 e. The van der Waals surface area contributed by atoms with Crippen LogP contribution in [-0.4, -0.2) is 60.5 Å². The Hall–Kier alpha value is -0.920. The van der Waals surface area contributed by atoms with Gasteiger partial charge in [0.05, 0.1) is 22.6 Å². The molecule has 0 N–H and O–H groups in total. The highest BCUT2D eigenvalue weighted by molar-refractivity contribution is 9.11. The van der Waals surface area contributed by atoms with Gasteiger partial charge in [0.2, 0.25) is 5.91 Å². The molecule has 0 aliphatic carbocycles. The van der Waals surface area contributed by atoms with Crippen molar-refractivity contribution in [2.75, 3.05) is 32.8 Å². The van der Waals surface area contributed by atoms with Crippen LogP contribution < -0.4 is 0 Å². The highest BCUT2D eigenvalue weighted by atomic mass is 79.9. The second-order valence-corrected chi connectivity index (χ2v) is 7.52. The maximum atomic E-state index is 12.6. The number of carbonyl (C=O) groups is 2. The number of carbonyl (C=O) groups excluding carboxylic acids is 2. The lowest BCUT2D eigenvalue weighted by atomic mass is 10.1. The van der Waals surface area contributed by atoms with Gasteiger partial charge in [-0.3, -0.25) is 9.59 Å². The Morgan fingerprint density at radius 1 is 1.29 bits per heavy atom. The van der Waals surface area contributed by atoms with Gasteiger partial charge in [0.25, 0.3) is 5.91 Å². The summed E-state index contributed by atoms with van der Waals surface area (Å²) in [5.41, 5.74) is 0.661. The summed E-state index contributed by atoms with van der Waals surface area (Å²) in [5, 5.41) is 1.83. The zero-order valence-electron chi connectivity index (χ0n) is 11.6. The van der Waals surface area contributed by atoms with Gasteiger partial charge in [-0.25, -0.2) is 0 Å². The summed E-state index contributed by atoms with van der Waals surface area (Å²) in [6, 6.07) is 1.51. The van der Waals surface area contributed by atoms with E-state index >= 15 is 0 Å². The molecule has 0 saturated carbocycles. The molecule has 2 aliphatic rings. The van der Waals surface area contributed by atoms with E-state index in [-0.39, 0.29) is 17.9 Å². The molecule has 2 amide bonds. The van der Waals surface area contributed by atoms with E-state index in [0.717, 1.165) is 16.6 Å². The lowest BCUT2D eigenvalue weighted by molar-refractivity contribution is -0.139. The van der Waals surface area contributed by atoms with Crippen molar-refractivity contribution >= 4 is 39.1 Å². The van der Waals surface area contributed by atoms with Gasteiger partial charge in [0.15, 0.2) is 0 Å². The van der Waals surface area contributed by atoms with Crippen molar-refractivity contribution in [3.63, 3.8) is 0 Å². The summed E-state index contributed by atoms with van der Waals surface area (Å²) in [6.07, 6.45) is 1.64. The van der Waals surface area contributed by atoms with Gasteiger partial charge >= 0.3 is 0 Å². The van der Waals surface area contributed by atoms with Crippen LogP contribution in [0.3, 0.4) is 0 Å². The third-order valence-corrected chi connectivity index (χ3v) is 5.44. The van der Waals surface area contributed by atoms with Crippen LogP contribution in [0.4, 0.5) is 0 Å². The molecule has 0 spiro atoms. The molecular formula is C14H17BrN2O3S. The number of amides is 2. The van der Waals surface area contributed by atoms with Crippen molar-refractivity contribution in [2.24, 2.45) is 0 Å². The number of ether oxygens (including phenoxy) is 1. The first-order chi connectivity index (χ1) is 10.2. The number of hydrogen-bond donors (Lipinski definition) is 0. The van der Waals surface area contributed by atoms with Crippen LogP contribution in [0.25, 0.3) is 0 Å². The first kappa shape index (κ1) is 15.0. The van der Waals surface area contributed by atoms with Gasteiger partial charge in [-0.2, -0.15) is 0 Å². The van der Waals surface area contributed by atoms with Crippen LogP contribution in [0.15, 0.2) is 15.2 Å². The van der Waals surface area contributed by atoms with Crippen molar-refractivity contribution in [3.8, 4) is 0 Å². The molecule has 2 fully saturated rings. The molecule has 114 valence electrons. The molecule has 1 aromatic heterocycles. The summed E-state index contributed by atoms with van der Waals surface area (Å²) in [6.45, 7) is 3.09. The molecule has 5 nitrogen and oxygen atoms in total. The van der Waals surface area contributed by atoms with E-state index < -0.39 is 0 Å². The summed E-state index contributed by atoms with van der Waals surface area (Å²) in [4.78, 5) is 28.7. The number of morpholine rings is 1. The molecule has 1 aromatic rings.